The van der Waals surface area contributed by atoms with Crippen molar-refractivity contribution in [3.05, 3.63) is 0 Å². The first-order chi connectivity index (χ1) is 24.5. The molecule has 1 amide bonds. The second-order valence-corrected chi connectivity index (χ2v) is 12.7. The van der Waals surface area contributed by atoms with Gasteiger partial charge >= 0.3 is 0 Å². The quantitative estimate of drug-likeness (QED) is 0.0308. The first-order valence-electron chi connectivity index (χ1n) is 18.0. The normalized spacial score (nSPS) is 22.6. The fourth-order valence-electron chi connectivity index (χ4n) is 5.32. The van der Waals surface area contributed by atoms with Crippen LogP contribution in [-0.4, -0.2) is 187 Å². The molecule has 3 saturated heterocycles. The van der Waals surface area contributed by atoms with Crippen molar-refractivity contribution in [2.45, 2.75) is 23.9 Å². The summed E-state index contributed by atoms with van der Waals surface area (Å²) < 4.78 is 32.4. The van der Waals surface area contributed by atoms with Gasteiger partial charge in [-0.25, -0.2) is 0 Å². The molecule has 0 saturated carbocycles. The molecule has 0 aromatic heterocycles. The molecule has 0 radical (unpaired) electrons. The number of methoxy groups -OCH3 is 1. The van der Waals surface area contributed by atoms with Crippen molar-refractivity contribution in [3.63, 3.8) is 0 Å². The van der Waals surface area contributed by atoms with Crippen LogP contribution in [0.15, 0.2) is 0 Å². The lowest BCUT2D eigenvalue weighted by atomic mass is 9.97. The molecule has 0 spiro atoms. The zero-order valence-electron chi connectivity index (χ0n) is 30.2. The molecule has 9 N–H and O–H groups in total. The predicted octanol–water partition coefficient (Wildman–Crippen LogP) is -3.25. The van der Waals surface area contributed by atoms with Gasteiger partial charge in [0.1, 0.15) is 0 Å². The Bertz CT molecular complexity index is 876. The Balaban J connectivity index is 1.71. The minimum absolute atomic E-state index is 0.0484. The minimum atomic E-state index is -0.515. The van der Waals surface area contributed by atoms with E-state index in [0.29, 0.717) is 130 Å². The standard InChI is InChI=1S/C33H65N9O7S/c1-3-4-6-40-31(50)42-33-27-37-10-7-34-24-32(25-35-8-11-38-28-33,26-36-9-12-39-29-33)41-30(43)5-13-45-16-17-47-20-21-49-23-22-48-19-18-46-15-14-44-2/h1,34-39H,4-29H2,2H3,(H,41,43)(H2,40,42,50). The number of carbonyl (C=O) groups is 1. The summed E-state index contributed by atoms with van der Waals surface area (Å²) in [5.74, 6) is 2.59. The molecule has 0 aliphatic carbocycles. The number of hydrogen-bond donors (Lipinski definition) is 9. The highest BCUT2D eigenvalue weighted by molar-refractivity contribution is 7.80. The van der Waals surface area contributed by atoms with Gasteiger partial charge in [-0.3, -0.25) is 4.79 Å². The van der Waals surface area contributed by atoms with Gasteiger partial charge in [-0.05, 0) is 12.2 Å². The fraction of sp³-hybridized carbons (Fsp3) is 0.879. The molecule has 0 atom stereocenters. The van der Waals surface area contributed by atoms with Crippen LogP contribution >= 0.6 is 12.2 Å². The van der Waals surface area contributed by atoms with E-state index in [1.54, 1.807) is 7.11 Å². The third kappa shape index (κ3) is 22.2. The van der Waals surface area contributed by atoms with E-state index in [1.807, 2.05) is 0 Å². The molecule has 16 nitrogen and oxygen atoms in total. The van der Waals surface area contributed by atoms with Crippen LogP contribution in [-0.2, 0) is 33.2 Å². The fourth-order valence-corrected chi connectivity index (χ4v) is 5.64. The topological polar surface area (TPSA) is 181 Å². The van der Waals surface area contributed by atoms with Crippen LogP contribution in [0.1, 0.15) is 12.8 Å². The molecule has 0 aromatic carbocycles. The minimum Gasteiger partial charge on any atom is -0.382 e. The first-order valence-corrected chi connectivity index (χ1v) is 18.4. The molecule has 0 aromatic rings. The average Bonchev–Trinajstić information content (AvgIpc) is 3.10. The van der Waals surface area contributed by atoms with Gasteiger partial charge in [0.15, 0.2) is 5.11 Å². The van der Waals surface area contributed by atoms with E-state index in [2.05, 4.69) is 53.8 Å². The lowest BCUT2D eigenvalue weighted by molar-refractivity contribution is -0.124. The van der Waals surface area contributed by atoms with Crippen molar-refractivity contribution in [2.24, 2.45) is 0 Å². The van der Waals surface area contributed by atoms with E-state index in [0.717, 1.165) is 39.3 Å². The second kappa shape index (κ2) is 29.8. The molecule has 3 aliphatic heterocycles. The summed E-state index contributed by atoms with van der Waals surface area (Å²) in [6.07, 6.45) is 6.28. The highest BCUT2D eigenvalue weighted by Gasteiger charge is 2.33. The Labute approximate surface area is 305 Å². The summed E-state index contributed by atoms with van der Waals surface area (Å²) in [5.41, 5.74) is -0.857. The van der Waals surface area contributed by atoms with E-state index in [-0.39, 0.29) is 17.9 Å². The highest BCUT2D eigenvalue weighted by Crippen LogP contribution is 2.06. The number of amides is 1. The van der Waals surface area contributed by atoms with Crippen molar-refractivity contribution in [1.29, 1.82) is 0 Å². The Morgan fingerprint density at radius 1 is 0.620 bits per heavy atom. The number of thiocarbonyl (C=S) groups is 1. The second-order valence-electron chi connectivity index (χ2n) is 12.3. The van der Waals surface area contributed by atoms with E-state index >= 15 is 0 Å². The van der Waals surface area contributed by atoms with Crippen LogP contribution in [0.25, 0.3) is 0 Å². The van der Waals surface area contributed by atoms with Crippen molar-refractivity contribution in [2.75, 3.05) is 165 Å². The van der Waals surface area contributed by atoms with Gasteiger partial charge < -0.3 is 76.3 Å². The van der Waals surface area contributed by atoms with Crippen LogP contribution in [0.5, 0.6) is 0 Å². The number of ether oxygens (including phenoxy) is 6. The highest BCUT2D eigenvalue weighted by atomic mass is 32.1. The number of nitrogens with one attached hydrogen (secondary N) is 9. The van der Waals surface area contributed by atoms with Crippen molar-refractivity contribution in [3.8, 4) is 12.3 Å². The smallest absolute Gasteiger partial charge is 0.222 e. The van der Waals surface area contributed by atoms with Crippen LogP contribution < -0.4 is 47.9 Å². The van der Waals surface area contributed by atoms with Crippen LogP contribution in [0.3, 0.4) is 0 Å². The van der Waals surface area contributed by atoms with Gasteiger partial charge in [0.2, 0.25) is 5.91 Å². The number of carbonyl (C=O) groups excluding carboxylic acids is 1. The zero-order valence-corrected chi connectivity index (χ0v) is 31.0. The predicted molar refractivity (Wildman–Crippen MR) is 199 cm³/mol. The molecule has 3 aliphatic rings. The maximum atomic E-state index is 13.1. The Morgan fingerprint density at radius 2 is 0.980 bits per heavy atom. The Kier molecular flexibility index (Phi) is 26.4. The summed E-state index contributed by atoms with van der Waals surface area (Å²) in [4.78, 5) is 13.1. The summed E-state index contributed by atoms with van der Waals surface area (Å²) in [6, 6.07) is 0. The zero-order chi connectivity index (χ0) is 35.9. The molecule has 0 unspecified atom stereocenters. The summed E-state index contributed by atoms with van der Waals surface area (Å²) in [5, 5.41) is 32.2. The first kappa shape index (κ1) is 44.4. The SMILES string of the molecule is C#CCCNC(=S)NC12CNCCNCC(NC(=O)CCOCCOCCOCCOCCOCCOC)(CNCCNC1)CNCCNC2. The molecule has 3 heterocycles. The van der Waals surface area contributed by atoms with Gasteiger partial charge in [-0.2, -0.15) is 0 Å². The Morgan fingerprint density at radius 3 is 1.36 bits per heavy atom. The third-order valence-electron chi connectivity index (χ3n) is 7.95. The molecule has 2 bridgehead atoms. The van der Waals surface area contributed by atoms with E-state index in [4.69, 9.17) is 47.1 Å². The average molecular weight is 732 g/mol. The van der Waals surface area contributed by atoms with Crippen molar-refractivity contribution >= 4 is 23.2 Å². The Hall–Kier alpha value is -1.76. The molecule has 50 heavy (non-hydrogen) atoms. The van der Waals surface area contributed by atoms with Gasteiger partial charge in [0.05, 0.1) is 83.8 Å². The summed E-state index contributed by atoms with van der Waals surface area (Å²) in [6.45, 7) is 14.4. The van der Waals surface area contributed by atoms with Gasteiger partial charge in [-0.1, -0.05) is 0 Å². The van der Waals surface area contributed by atoms with Gasteiger partial charge in [0.25, 0.3) is 0 Å². The van der Waals surface area contributed by atoms with Gasteiger partial charge in [0, 0.05) is 105 Å². The number of hydrogen-bond acceptors (Lipinski definition) is 14. The third-order valence-corrected chi connectivity index (χ3v) is 8.19. The number of fused-ring (bicyclic) bond motifs is 15. The number of terminal acetylenes is 1. The maximum Gasteiger partial charge on any atom is 0.222 e. The molecule has 290 valence electrons. The molecular weight excluding hydrogens is 666 g/mol. The van der Waals surface area contributed by atoms with Crippen LogP contribution in [0, 0.1) is 12.3 Å². The van der Waals surface area contributed by atoms with E-state index in [9.17, 15) is 4.79 Å². The van der Waals surface area contributed by atoms with Crippen molar-refractivity contribution in [1.82, 2.24) is 47.9 Å². The van der Waals surface area contributed by atoms with Crippen molar-refractivity contribution < 1.29 is 33.2 Å². The lowest BCUT2D eigenvalue weighted by Gasteiger charge is -2.39. The van der Waals surface area contributed by atoms with Gasteiger partial charge in [-0.15, -0.1) is 12.3 Å². The van der Waals surface area contributed by atoms with Crippen LogP contribution in [0.2, 0.25) is 0 Å². The largest absolute Gasteiger partial charge is 0.382 e. The maximum absolute atomic E-state index is 13.1. The monoisotopic (exact) mass is 731 g/mol. The summed E-state index contributed by atoms with van der Waals surface area (Å²) >= 11 is 5.62. The van der Waals surface area contributed by atoms with E-state index in [1.165, 1.54) is 0 Å². The van der Waals surface area contributed by atoms with E-state index < -0.39 is 5.54 Å². The molecule has 3 rings (SSSR count). The lowest BCUT2D eigenvalue weighted by Crippen LogP contribution is -2.68. The van der Waals surface area contributed by atoms with Crippen LogP contribution in [0.4, 0.5) is 0 Å². The molecular formula is C33H65N9O7S. The number of rotatable bonds is 22. The molecule has 17 heteroatoms. The summed E-state index contributed by atoms with van der Waals surface area (Å²) in [7, 11) is 1.64. The molecule has 3 fully saturated rings.